The van der Waals surface area contributed by atoms with E-state index in [1.807, 2.05) is 28.8 Å². The first-order valence-corrected chi connectivity index (χ1v) is 4.60. The summed E-state index contributed by atoms with van der Waals surface area (Å²) in [4.78, 5) is 10.8. The molecule has 1 aromatic carbocycles. The second-order valence-corrected chi connectivity index (χ2v) is 3.38. The van der Waals surface area contributed by atoms with Crippen molar-refractivity contribution in [3.8, 4) is 5.75 Å². The van der Waals surface area contributed by atoms with Gasteiger partial charge in [-0.25, -0.2) is 0 Å². The van der Waals surface area contributed by atoms with Gasteiger partial charge >= 0.3 is 0 Å². The Labute approximate surface area is 80.9 Å². The fourth-order valence-corrected chi connectivity index (χ4v) is 2.01. The van der Waals surface area contributed by atoms with Crippen LogP contribution in [0.2, 0.25) is 0 Å². The van der Waals surface area contributed by atoms with E-state index in [1.165, 1.54) is 0 Å². The molecule has 0 spiro atoms. The van der Waals surface area contributed by atoms with Crippen molar-refractivity contribution >= 4 is 17.2 Å². The van der Waals surface area contributed by atoms with Gasteiger partial charge in [0.2, 0.25) is 0 Å². The van der Waals surface area contributed by atoms with E-state index in [9.17, 15) is 4.79 Å². The van der Waals surface area contributed by atoms with E-state index in [1.54, 1.807) is 0 Å². The second kappa shape index (κ2) is 2.61. The lowest BCUT2D eigenvalue weighted by Gasteiger charge is -2.17. The number of hydrogen-bond acceptors (Lipinski definition) is 2. The van der Waals surface area contributed by atoms with E-state index < -0.39 is 0 Å². The molecule has 0 radical (unpaired) electrons. The van der Waals surface area contributed by atoms with Gasteiger partial charge in [0.05, 0.1) is 17.8 Å². The monoisotopic (exact) mass is 187 g/mol. The minimum atomic E-state index is 0.641. The fourth-order valence-electron chi connectivity index (χ4n) is 2.01. The van der Waals surface area contributed by atoms with Crippen LogP contribution < -0.4 is 4.74 Å². The predicted octanol–water partition coefficient (Wildman–Crippen LogP) is 1.85. The van der Waals surface area contributed by atoms with Crippen LogP contribution in [0.25, 0.3) is 10.9 Å². The van der Waals surface area contributed by atoms with Crippen LogP contribution in [0.4, 0.5) is 0 Å². The van der Waals surface area contributed by atoms with Gasteiger partial charge in [-0.15, -0.1) is 0 Å². The summed E-state index contributed by atoms with van der Waals surface area (Å²) in [6, 6.07) is 7.78. The summed E-state index contributed by atoms with van der Waals surface area (Å²) in [6.07, 6.45) is 0.898. The summed E-state index contributed by atoms with van der Waals surface area (Å²) >= 11 is 0. The molecule has 0 aliphatic carbocycles. The number of hydrogen-bond donors (Lipinski definition) is 0. The fraction of sp³-hybridized carbons (Fsp3) is 0.182. The van der Waals surface area contributed by atoms with Crippen LogP contribution in [0.15, 0.2) is 24.3 Å². The first kappa shape index (κ1) is 7.62. The minimum Gasteiger partial charge on any atom is -0.490 e. The molecule has 0 atom stereocenters. The zero-order chi connectivity index (χ0) is 9.54. The maximum absolute atomic E-state index is 10.8. The minimum absolute atomic E-state index is 0.641. The van der Waals surface area contributed by atoms with Crippen LogP contribution in [-0.4, -0.2) is 17.5 Å². The Morgan fingerprint density at radius 3 is 3.21 bits per heavy atom. The van der Waals surface area contributed by atoms with Crippen molar-refractivity contribution in [1.29, 1.82) is 0 Å². The molecule has 1 aromatic heterocycles. The van der Waals surface area contributed by atoms with Gasteiger partial charge in [0.25, 0.3) is 0 Å². The number of benzene rings is 1. The van der Waals surface area contributed by atoms with Crippen molar-refractivity contribution in [2.75, 3.05) is 6.61 Å². The Balaban J connectivity index is 2.47. The summed E-state index contributed by atoms with van der Waals surface area (Å²) in [5, 5.41) is 1.07. The lowest BCUT2D eigenvalue weighted by molar-refractivity contribution is 0.111. The zero-order valence-electron chi connectivity index (χ0n) is 7.56. The van der Waals surface area contributed by atoms with E-state index in [2.05, 4.69) is 0 Å². The molecule has 70 valence electrons. The Morgan fingerprint density at radius 2 is 2.36 bits per heavy atom. The smallest absolute Gasteiger partial charge is 0.166 e. The van der Waals surface area contributed by atoms with E-state index in [4.69, 9.17) is 4.74 Å². The number of aromatic nitrogens is 1. The van der Waals surface area contributed by atoms with Crippen molar-refractivity contribution in [2.24, 2.45) is 0 Å². The third-order valence-corrected chi connectivity index (χ3v) is 2.61. The number of ether oxygens (including phenoxy) is 1. The highest BCUT2D eigenvalue weighted by atomic mass is 16.5. The largest absolute Gasteiger partial charge is 0.490 e. The van der Waals surface area contributed by atoms with Crippen LogP contribution in [0, 0.1) is 0 Å². The molecule has 0 saturated heterocycles. The average Bonchev–Trinajstić information content (AvgIpc) is 2.60. The Kier molecular flexibility index (Phi) is 1.42. The summed E-state index contributed by atoms with van der Waals surface area (Å²) in [7, 11) is 0. The molecule has 3 rings (SSSR count). The van der Waals surface area contributed by atoms with Gasteiger partial charge in [0.15, 0.2) is 6.29 Å². The number of carbonyl (C=O) groups is 1. The van der Waals surface area contributed by atoms with Crippen LogP contribution >= 0.6 is 0 Å². The topological polar surface area (TPSA) is 31.2 Å². The van der Waals surface area contributed by atoms with Crippen molar-refractivity contribution < 1.29 is 9.53 Å². The SMILES string of the molecule is O=Cc1cc2cccc3c2n1CCO3. The maximum Gasteiger partial charge on any atom is 0.166 e. The summed E-state index contributed by atoms with van der Waals surface area (Å²) in [5.41, 5.74) is 1.77. The third kappa shape index (κ3) is 0.839. The van der Waals surface area contributed by atoms with Crippen molar-refractivity contribution in [3.05, 3.63) is 30.0 Å². The van der Waals surface area contributed by atoms with E-state index in [0.717, 1.165) is 35.2 Å². The molecule has 0 bridgehead atoms. The van der Waals surface area contributed by atoms with Crippen molar-refractivity contribution in [2.45, 2.75) is 6.54 Å². The molecule has 0 saturated carbocycles. The molecule has 0 amide bonds. The van der Waals surface area contributed by atoms with Gasteiger partial charge < -0.3 is 9.30 Å². The van der Waals surface area contributed by atoms with Gasteiger partial charge in [0, 0.05) is 5.39 Å². The number of aldehydes is 1. The normalized spacial score (nSPS) is 14.0. The molecule has 3 nitrogen and oxygen atoms in total. The number of para-hydroxylation sites is 1. The predicted molar refractivity (Wildman–Crippen MR) is 52.8 cm³/mol. The van der Waals surface area contributed by atoms with Gasteiger partial charge in [-0.05, 0) is 12.1 Å². The van der Waals surface area contributed by atoms with Gasteiger partial charge in [-0.1, -0.05) is 12.1 Å². The summed E-state index contributed by atoms with van der Waals surface area (Å²) < 4.78 is 7.53. The van der Waals surface area contributed by atoms with E-state index in [-0.39, 0.29) is 0 Å². The Hall–Kier alpha value is -1.77. The van der Waals surface area contributed by atoms with Crippen LogP contribution in [0.5, 0.6) is 5.75 Å². The average molecular weight is 187 g/mol. The van der Waals surface area contributed by atoms with Gasteiger partial charge in [-0.3, -0.25) is 4.79 Å². The molecule has 2 heterocycles. The van der Waals surface area contributed by atoms with Crippen molar-refractivity contribution in [3.63, 3.8) is 0 Å². The zero-order valence-corrected chi connectivity index (χ0v) is 7.56. The second-order valence-electron chi connectivity index (χ2n) is 3.38. The van der Waals surface area contributed by atoms with Gasteiger partial charge in [0.1, 0.15) is 12.4 Å². The maximum atomic E-state index is 10.8. The first-order chi connectivity index (χ1) is 6.90. The highest BCUT2D eigenvalue weighted by Crippen LogP contribution is 2.30. The molecule has 3 heteroatoms. The van der Waals surface area contributed by atoms with Crippen LogP contribution in [0.3, 0.4) is 0 Å². The molecule has 14 heavy (non-hydrogen) atoms. The first-order valence-electron chi connectivity index (χ1n) is 4.60. The molecule has 1 aliphatic rings. The molecule has 0 N–H and O–H groups in total. The number of nitrogens with zero attached hydrogens (tertiary/aromatic N) is 1. The quantitative estimate of drug-likeness (QED) is 0.638. The standard InChI is InChI=1S/C11H9NO2/c13-7-9-6-8-2-1-3-10-11(8)12(9)4-5-14-10/h1-3,6-7H,4-5H2. The molecular formula is C11H9NO2. The number of rotatable bonds is 1. The third-order valence-electron chi connectivity index (χ3n) is 2.61. The van der Waals surface area contributed by atoms with E-state index >= 15 is 0 Å². The highest BCUT2D eigenvalue weighted by molar-refractivity contribution is 5.92. The van der Waals surface area contributed by atoms with E-state index in [0.29, 0.717) is 6.61 Å². The summed E-state index contributed by atoms with van der Waals surface area (Å²) in [5.74, 6) is 0.877. The molecule has 2 aromatic rings. The van der Waals surface area contributed by atoms with Gasteiger partial charge in [-0.2, -0.15) is 0 Å². The van der Waals surface area contributed by atoms with Crippen LogP contribution in [0.1, 0.15) is 10.5 Å². The lowest BCUT2D eigenvalue weighted by atomic mass is 10.2. The highest BCUT2D eigenvalue weighted by Gasteiger charge is 2.16. The lowest BCUT2D eigenvalue weighted by Crippen LogP contribution is -2.15. The Morgan fingerprint density at radius 1 is 1.43 bits per heavy atom. The molecule has 0 unspecified atom stereocenters. The molecule has 0 fully saturated rings. The molecular weight excluding hydrogens is 178 g/mol. The van der Waals surface area contributed by atoms with Crippen molar-refractivity contribution in [1.82, 2.24) is 4.57 Å². The summed E-state index contributed by atoms with van der Waals surface area (Å²) in [6.45, 7) is 1.40. The Bertz CT molecular complexity index is 513. The van der Waals surface area contributed by atoms with Crippen LogP contribution in [-0.2, 0) is 6.54 Å². The number of carbonyl (C=O) groups excluding carboxylic acids is 1. The molecule has 1 aliphatic heterocycles.